The van der Waals surface area contributed by atoms with Crippen LogP contribution in [0.15, 0.2) is 42.6 Å². The van der Waals surface area contributed by atoms with Gasteiger partial charge in [-0.3, -0.25) is 14.6 Å². The first kappa shape index (κ1) is 16.5. The summed E-state index contributed by atoms with van der Waals surface area (Å²) in [6.45, 7) is 2.57. The molecule has 1 N–H and O–H groups in total. The van der Waals surface area contributed by atoms with Crippen LogP contribution in [-0.2, 0) is 17.6 Å². The highest BCUT2D eigenvalue weighted by Gasteiger charge is 2.31. The molecule has 0 radical (unpaired) electrons. The summed E-state index contributed by atoms with van der Waals surface area (Å²) in [6.07, 6.45) is 3.11. The minimum absolute atomic E-state index is 0.120. The summed E-state index contributed by atoms with van der Waals surface area (Å²) in [5.41, 5.74) is 3.14. The molecule has 1 aliphatic heterocycles. The summed E-state index contributed by atoms with van der Waals surface area (Å²) < 4.78 is 5.72. The molecular formula is C18H18N2O3S. The van der Waals surface area contributed by atoms with E-state index < -0.39 is 6.04 Å². The van der Waals surface area contributed by atoms with Crippen LogP contribution >= 0.6 is 11.8 Å². The van der Waals surface area contributed by atoms with Gasteiger partial charge in [-0.15, -0.1) is 0 Å². The zero-order valence-corrected chi connectivity index (χ0v) is 14.1. The second kappa shape index (κ2) is 7.49. The fourth-order valence-corrected chi connectivity index (χ4v) is 3.07. The molecule has 0 saturated carbocycles. The number of rotatable bonds is 6. The monoisotopic (exact) mass is 342 g/mol. The van der Waals surface area contributed by atoms with E-state index in [1.165, 1.54) is 0 Å². The van der Waals surface area contributed by atoms with Crippen molar-refractivity contribution < 1.29 is 14.3 Å². The molecule has 3 rings (SSSR count). The maximum Gasteiger partial charge on any atom is 0.287 e. The lowest BCUT2D eigenvalue weighted by Crippen LogP contribution is -2.30. The Kier molecular flexibility index (Phi) is 5.15. The highest BCUT2D eigenvalue weighted by atomic mass is 32.2. The number of aryl methyl sites for hydroxylation is 1. The van der Waals surface area contributed by atoms with Gasteiger partial charge in [-0.05, 0) is 36.2 Å². The number of nitrogens with one attached hydrogen (secondary N) is 1. The Labute approximate surface area is 144 Å². The molecule has 6 heteroatoms. The molecule has 1 aromatic carbocycles. The number of hydrogen-bond acceptors (Lipinski definition) is 5. The molecule has 0 bridgehead atoms. The summed E-state index contributed by atoms with van der Waals surface area (Å²) in [6, 6.07) is 11.2. The molecule has 5 nitrogen and oxygen atoms in total. The minimum Gasteiger partial charge on any atom is -0.493 e. The zero-order valence-electron chi connectivity index (χ0n) is 13.3. The minimum atomic E-state index is -0.429. The van der Waals surface area contributed by atoms with Crippen LogP contribution in [0.1, 0.15) is 16.8 Å². The largest absolute Gasteiger partial charge is 0.493 e. The van der Waals surface area contributed by atoms with Crippen molar-refractivity contribution in [2.45, 2.75) is 25.8 Å². The smallest absolute Gasteiger partial charge is 0.287 e. The molecule has 1 fully saturated rings. The van der Waals surface area contributed by atoms with Gasteiger partial charge < -0.3 is 10.1 Å². The van der Waals surface area contributed by atoms with Crippen LogP contribution in [0.25, 0.3) is 0 Å². The van der Waals surface area contributed by atoms with Gasteiger partial charge in [-0.2, -0.15) is 0 Å². The van der Waals surface area contributed by atoms with Crippen molar-refractivity contribution in [1.82, 2.24) is 10.3 Å². The Hall–Kier alpha value is -2.34. The number of ether oxygens (including phenoxy) is 1. The van der Waals surface area contributed by atoms with Crippen LogP contribution in [0.5, 0.6) is 5.75 Å². The van der Waals surface area contributed by atoms with E-state index in [1.807, 2.05) is 49.5 Å². The van der Waals surface area contributed by atoms with Crippen LogP contribution in [0.2, 0.25) is 0 Å². The van der Waals surface area contributed by atoms with Crippen molar-refractivity contribution >= 4 is 22.1 Å². The lowest BCUT2D eigenvalue weighted by atomic mass is 10.1. The number of carbonyl (C=O) groups excluding carboxylic acids is 2. The van der Waals surface area contributed by atoms with Crippen molar-refractivity contribution in [3.05, 3.63) is 59.4 Å². The van der Waals surface area contributed by atoms with E-state index in [0.717, 1.165) is 40.8 Å². The van der Waals surface area contributed by atoms with Gasteiger partial charge in [0.1, 0.15) is 11.8 Å². The number of nitrogens with zero attached hydrogens (tertiary/aromatic N) is 1. The molecule has 24 heavy (non-hydrogen) atoms. The summed E-state index contributed by atoms with van der Waals surface area (Å²) in [4.78, 5) is 27.1. The number of amides is 1. The average Bonchev–Trinajstić information content (AvgIpc) is 2.88. The van der Waals surface area contributed by atoms with Crippen LogP contribution < -0.4 is 10.1 Å². The van der Waals surface area contributed by atoms with Gasteiger partial charge in [0.2, 0.25) is 5.12 Å². The predicted molar refractivity (Wildman–Crippen MR) is 93.2 cm³/mol. The van der Waals surface area contributed by atoms with Crippen molar-refractivity contribution in [3.63, 3.8) is 0 Å². The fraction of sp³-hybridized carbons (Fsp3) is 0.278. The molecule has 1 aliphatic rings. The van der Waals surface area contributed by atoms with E-state index in [9.17, 15) is 9.59 Å². The zero-order chi connectivity index (χ0) is 16.9. The number of aromatic nitrogens is 1. The standard InChI is InChI=1S/C18H18N2O3S/c1-12-2-5-14(19-11-12)8-9-23-15-6-3-13(4-7-15)10-16-17(21)24-18(22)20-16/h2-7,11,16H,8-10H2,1H3,(H,20,22). The third-order valence-corrected chi connectivity index (χ3v) is 4.52. The summed E-state index contributed by atoms with van der Waals surface area (Å²) in [7, 11) is 0. The molecule has 1 unspecified atom stereocenters. The normalized spacial score (nSPS) is 17.0. The lowest BCUT2D eigenvalue weighted by molar-refractivity contribution is -0.112. The molecule has 0 spiro atoms. The van der Waals surface area contributed by atoms with Crippen molar-refractivity contribution in [2.75, 3.05) is 6.61 Å². The highest BCUT2D eigenvalue weighted by molar-refractivity contribution is 8.26. The Balaban J connectivity index is 1.48. The molecule has 2 heterocycles. The first-order valence-corrected chi connectivity index (χ1v) is 8.57. The number of benzene rings is 1. The topological polar surface area (TPSA) is 68.3 Å². The molecule has 1 atom stereocenters. The van der Waals surface area contributed by atoms with E-state index in [1.54, 1.807) is 0 Å². The number of hydrogen-bond donors (Lipinski definition) is 1. The summed E-state index contributed by atoms with van der Waals surface area (Å²) in [5.74, 6) is 0.780. The van der Waals surface area contributed by atoms with Crippen molar-refractivity contribution in [1.29, 1.82) is 0 Å². The van der Waals surface area contributed by atoms with E-state index in [-0.39, 0.29) is 10.4 Å². The van der Waals surface area contributed by atoms with Gasteiger partial charge in [0, 0.05) is 36.5 Å². The molecule has 1 saturated heterocycles. The SMILES string of the molecule is Cc1ccc(CCOc2ccc(CC3NC(=O)SC3=O)cc2)nc1. The molecule has 124 valence electrons. The van der Waals surface area contributed by atoms with Gasteiger partial charge in [-0.25, -0.2) is 0 Å². The lowest BCUT2D eigenvalue weighted by Gasteiger charge is -2.09. The highest BCUT2D eigenvalue weighted by Crippen LogP contribution is 2.20. The van der Waals surface area contributed by atoms with Crippen LogP contribution in [0.4, 0.5) is 4.79 Å². The Morgan fingerprint density at radius 1 is 1.17 bits per heavy atom. The van der Waals surface area contributed by atoms with Gasteiger partial charge in [-0.1, -0.05) is 18.2 Å². The van der Waals surface area contributed by atoms with E-state index >= 15 is 0 Å². The van der Waals surface area contributed by atoms with Gasteiger partial charge >= 0.3 is 0 Å². The predicted octanol–water partition coefficient (Wildman–Crippen LogP) is 2.91. The Morgan fingerprint density at radius 3 is 2.58 bits per heavy atom. The van der Waals surface area contributed by atoms with Gasteiger partial charge in [0.25, 0.3) is 5.24 Å². The average molecular weight is 342 g/mol. The molecule has 0 aliphatic carbocycles. The van der Waals surface area contributed by atoms with Crippen LogP contribution in [-0.4, -0.2) is 28.0 Å². The third-order valence-electron chi connectivity index (χ3n) is 3.73. The van der Waals surface area contributed by atoms with E-state index in [4.69, 9.17) is 4.74 Å². The van der Waals surface area contributed by atoms with Gasteiger partial charge in [0.15, 0.2) is 0 Å². The number of carbonyl (C=O) groups is 2. The first-order chi connectivity index (χ1) is 11.6. The summed E-state index contributed by atoms with van der Waals surface area (Å²) >= 11 is 0.741. The molecule has 1 amide bonds. The fourth-order valence-electron chi connectivity index (χ4n) is 2.40. The maximum absolute atomic E-state index is 11.6. The maximum atomic E-state index is 11.6. The Morgan fingerprint density at radius 2 is 1.96 bits per heavy atom. The quantitative estimate of drug-likeness (QED) is 0.874. The second-order valence-corrected chi connectivity index (χ2v) is 6.66. The first-order valence-electron chi connectivity index (χ1n) is 7.75. The van der Waals surface area contributed by atoms with Crippen molar-refractivity contribution in [3.8, 4) is 5.75 Å². The van der Waals surface area contributed by atoms with E-state index in [2.05, 4.69) is 10.3 Å². The van der Waals surface area contributed by atoms with Crippen LogP contribution in [0, 0.1) is 6.92 Å². The van der Waals surface area contributed by atoms with E-state index in [0.29, 0.717) is 13.0 Å². The third kappa shape index (κ3) is 4.35. The molecular weight excluding hydrogens is 324 g/mol. The number of pyridine rings is 1. The molecule has 2 aromatic rings. The summed E-state index contributed by atoms with van der Waals surface area (Å²) in [5, 5.41) is 2.27. The van der Waals surface area contributed by atoms with Crippen molar-refractivity contribution in [2.24, 2.45) is 0 Å². The number of thioether (sulfide) groups is 1. The molecule has 1 aromatic heterocycles. The second-order valence-electron chi connectivity index (χ2n) is 5.68. The van der Waals surface area contributed by atoms with Gasteiger partial charge in [0.05, 0.1) is 6.61 Å². The van der Waals surface area contributed by atoms with Crippen LogP contribution in [0.3, 0.4) is 0 Å². The Bertz CT molecular complexity index is 729.